The molecule has 0 amide bonds. The Balaban J connectivity index is 0. The molecule has 0 heterocycles. The topological polar surface area (TPSA) is 60.2 Å². The third-order valence-corrected chi connectivity index (χ3v) is 1.97. The van der Waals surface area contributed by atoms with E-state index in [9.17, 15) is 8.42 Å². The van der Waals surface area contributed by atoms with Gasteiger partial charge >= 0.3 is 0 Å². The molecule has 8 heavy (non-hydrogen) atoms. The molecule has 0 bridgehead atoms. The molecule has 0 aromatic rings. The summed E-state index contributed by atoms with van der Waals surface area (Å²) in [6.07, 6.45) is 0. The molecular weight excluding hydrogens is 137 g/mol. The molecule has 0 spiro atoms. The average Bonchev–Trinajstić information content (AvgIpc) is 1.31. The second kappa shape index (κ2) is 3.85. The molecule has 0 aliphatic carbocycles. The van der Waals surface area contributed by atoms with Gasteiger partial charge in [0.25, 0.3) is 0 Å². The maximum atomic E-state index is 10.1. The molecule has 5 heteroatoms. The first-order chi connectivity index (χ1) is 2.94. The molecule has 0 fully saturated rings. The van der Waals surface area contributed by atoms with Gasteiger partial charge in [-0.3, -0.25) is 0 Å². The molecule has 45 valence electrons. The minimum absolute atomic E-state index is 0. The predicted molar refractivity (Wildman–Crippen MR) is 34.0 cm³/mol. The van der Waals surface area contributed by atoms with Crippen LogP contribution in [0.1, 0.15) is 13.8 Å². The van der Waals surface area contributed by atoms with Crippen LogP contribution >= 0.6 is 0 Å². The standard InChI is InChI=1S/C3H9NO2S.Na/c1-3(2)7(4,5)6;/h3H,1-2H3,(H2,4,5,6);. The van der Waals surface area contributed by atoms with Gasteiger partial charge in [-0.2, -0.15) is 0 Å². The monoisotopic (exact) mass is 146 g/mol. The van der Waals surface area contributed by atoms with Gasteiger partial charge < -0.3 is 0 Å². The van der Waals surface area contributed by atoms with E-state index in [0.29, 0.717) is 0 Å². The van der Waals surface area contributed by atoms with Gasteiger partial charge in [-0.15, -0.1) is 0 Å². The Bertz CT molecular complexity index is 139. The van der Waals surface area contributed by atoms with Gasteiger partial charge in [0.15, 0.2) is 0 Å². The van der Waals surface area contributed by atoms with E-state index in [4.69, 9.17) is 0 Å². The molecule has 2 N–H and O–H groups in total. The normalized spacial score (nSPS) is 11.0. The van der Waals surface area contributed by atoms with E-state index in [1.54, 1.807) is 0 Å². The number of sulfonamides is 1. The predicted octanol–water partition coefficient (Wildman–Crippen LogP) is -0.697. The van der Waals surface area contributed by atoms with Crippen LogP contribution in [0.2, 0.25) is 0 Å². The molecule has 0 saturated heterocycles. The summed E-state index contributed by atoms with van der Waals surface area (Å²) in [5, 5.41) is 4.20. The van der Waals surface area contributed by atoms with Crippen LogP contribution in [0, 0.1) is 0 Å². The zero-order valence-corrected chi connectivity index (χ0v) is 8.20. The Morgan fingerprint density at radius 1 is 1.38 bits per heavy atom. The van der Waals surface area contributed by atoms with Gasteiger partial charge in [0.2, 0.25) is 10.0 Å². The summed E-state index contributed by atoms with van der Waals surface area (Å²) in [6, 6.07) is 0. The Labute approximate surface area is 72.0 Å². The van der Waals surface area contributed by atoms with Crippen LogP contribution in [-0.2, 0) is 10.0 Å². The first-order valence-corrected chi connectivity index (χ1v) is 3.57. The van der Waals surface area contributed by atoms with Gasteiger partial charge in [0.05, 0.1) is 5.25 Å². The van der Waals surface area contributed by atoms with Gasteiger partial charge in [-0.25, -0.2) is 13.6 Å². The number of primary sulfonamides is 1. The van der Waals surface area contributed by atoms with E-state index in [1.807, 2.05) is 0 Å². The van der Waals surface area contributed by atoms with Crippen molar-refractivity contribution in [3.8, 4) is 0 Å². The van der Waals surface area contributed by atoms with Crippen LogP contribution in [-0.4, -0.2) is 43.2 Å². The van der Waals surface area contributed by atoms with E-state index < -0.39 is 15.3 Å². The third-order valence-electron chi connectivity index (χ3n) is 0.657. The zero-order chi connectivity index (χ0) is 6.08. The molecule has 1 radical (unpaired) electrons. The van der Waals surface area contributed by atoms with Crippen LogP contribution in [0.15, 0.2) is 0 Å². The van der Waals surface area contributed by atoms with Crippen molar-refractivity contribution in [3.05, 3.63) is 0 Å². The summed E-state index contributed by atoms with van der Waals surface area (Å²) < 4.78 is 20.2. The third kappa shape index (κ3) is 5.05. The SMILES string of the molecule is CC(C)S(N)(=O)=O.[Na]. The van der Waals surface area contributed by atoms with Gasteiger partial charge in [0, 0.05) is 29.6 Å². The van der Waals surface area contributed by atoms with E-state index in [2.05, 4.69) is 5.14 Å². The van der Waals surface area contributed by atoms with Gasteiger partial charge in [-0.05, 0) is 13.8 Å². The molecule has 3 nitrogen and oxygen atoms in total. The smallest absolute Gasteiger partial charge is 0.211 e. The molecule has 0 aromatic heterocycles. The molecule has 0 unspecified atom stereocenters. The van der Waals surface area contributed by atoms with Crippen LogP contribution in [0.5, 0.6) is 0 Å². The average molecular weight is 146 g/mol. The molecule has 0 atom stereocenters. The molecule has 0 saturated carbocycles. The van der Waals surface area contributed by atoms with Crippen molar-refractivity contribution < 1.29 is 8.42 Å². The summed E-state index contributed by atoms with van der Waals surface area (Å²) in [7, 11) is -3.24. The molecule has 0 aromatic carbocycles. The molecular formula is C3H9NNaO2S. The van der Waals surface area contributed by atoms with E-state index in [0.717, 1.165) is 0 Å². The molecule has 0 rings (SSSR count). The first-order valence-electron chi connectivity index (χ1n) is 1.96. The van der Waals surface area contributed by atoms with Crippen molar-refractivity contribution in [1.82, 2.24) is 0 Å². The van der Waals surface area contributed by atoms with Crippen molar-refractivity contribution in [2.75, 3.05) is 0 Å². The first kappa shape index (κ1) is 11.7. The van der Waals surface area contributed by atoms with Gasteiger partial charge in [0.1, 0.15) is 0 Å². The van der Waals surface area contributed by atoms with Crippen LogP contribution < -0.4 is 5.14 Å². The quantitative estimate of drug-likeness (QED) is 0.497. The van der Waals surface area contributed by atoms with Crippen molar-refractivity contribution in [2.45, 2.75) is 19.1 Å². The van der Waals surface area contributed by atoms with Crippen LogP contribution in [0.3, 0.4) is 0 Å². The second-order valence-corrected chi connectivity index (χ2v) is 3.76. The van der Waals surface area contributed by atoms with E-state index >= 15 is 0 Å². The van der Waals surface area contributed by atoms with Crippen molar-refractivity contribution in [1.29, 1.82) is 0 Å². The summed E-state index contributed by atoms with van der Waals surface area (Å²) in [6.45, 7) is 3.07. The summed E-state index contributed by atoms with van der Waals surface area (Å²) in [5.41, 5.74) is 0. The van der Waals surface area contributed by atoms with Crippen molar-refractivity contribution in [2.24, 2.45) is 5.14 Å². The van der Waals surface area contributed by atoms with Crippen molar-refractivity contribution in [3.63, 3.8) is 0 Å². The minimum Gasteiger partial charge on any atom is -0.229 e. The summed E-state index contributed by atoms with van der Waals surface area (Å²) in [5.74, 6) is 0. The number of nitrogens with two attached hydrogens (primary N) is 1. The van der Waals surface area contributed by atoms with E-state index in [-0.39, 0.29) is 29.6 Å². The Morgan fingerprint density at radius 2 is 1.50 bits per heavy atom. The summed E-state index contributed by atoms with van der Waals surface area (Å²) in [4.78, 5) is 0. The minimum atomic E-state index is -3.24. The fraction of sp³-hybridized carbons (Fsp3) is 1.00. The van der Waals surface area contributed by atoms with Gasteiger partial charge in [-0.1, -0.05) is 0 Å². The fourth-order valence-corrected chi connectivity index (χ4v) is 0. The Morgan fingerprint density at radius 3 is 1.50 bits per heavy atom. The number of hydrogen-bond acceptors (Lipinski definition) is 2. The Hall–Kier alpha value is 0.910. The summed E-state index contributed by atoms with van der Waals surface area (Å²) >= 11 is 0. The van der Waals surface area contributed by atoms with Crippen molar-refractivity contribution >= 4 is 39.6 Å². The number of hydrogen-bond donors (Lipinski definition) is 1. The zero-order valence-electron chi connectivity index (χ0n) is 5.38. The maximum absolute atomic E-state index is 10.1. The van der Waals surface area contributed by atoms with Crippen LogP contribution in [0.4, 0.5) is 0 Å². The van der Waals surface area contributed by atoms with E-state index in [1.165, 1.54) is 13.8 Å². The largest absolute Gasteiger partial charge is 0.229 e. The second-order valence-electron chi connectivity index (χ2n) is 1.64. The molecule has 0 aliphatic rings. The Kier molecular flexibility index (Phi) is 5.61. The fourth-order valence-electron chi connectivity index (χ4n) is 0. The number of rotatable bonds is 1. The molecule has 0 aliphatic heterocycles. The maximum Gasteiger partial charge on any atom is 0.211 e. The van der Waals surface area contributed by atoms with Crippen LogP contribution in [0.25, 0.3) is 0 Å².